The Kier molecular flexibility index (Phi) is 7.02. The molecule has 0 aliphatic rings. The van der Waals surface area contributed by atoms with Gasteiger partial charge >= 0.3 is 12.2 Å². The minimum absolute atomic E-state index is 0.0475. The van der Waals surface area contributed by atoms with Gasteiger partial charge in [-0.2, -0.15) is 13.2 Å². The van der Waals surface area contributed by atoms with Gasteiger partial charge in [0.25, 0.3) is 0 Å². The Balaban J connectivity index is 2.89. The molecule has 6 nitrogen and oxygen atoms in total. The number of carbonyl (C=O) groups is 1. The van der Waals surface area contributed by atoms with E-state index in [1.54, 1.807) is 6.92 Å². The van der Waals surface area contributed by atoms with Gasteiger partial charge in [0.1, 0.15) is 5.82 Å². The maximum atomic E-state index is 12.9. The van der Waals surface area contributed by atoms with Crippen molar-refractivity contribution in [2.75, 3.05) is 26.6 Å². The third-order valence-corrected chi connectivity index (χ3v) is 4.05. The molecule has 0 aromatic carbocycles. The second kappa shape index (κ2) is 8.11. The first kappa shape index (κ1) is 19.9. The molecule has 1 aromatic rings. The summed E-state index contributed by atoms with van der Waals surface area (Å²) in [5, 5.41) is 2.33. The molecule has 0 spiro atoms. The topological polar surface area (TPSA) is 63.7 Å². The van der Waals surface area contributed by atoms with Gasteiger partial charge in [0.05, 0.1) is 11.6 Å². The zero-order chi connectivity index (χ0) is 17.8. The summed E-state index contributed by atoms with van der Waals surface area (Å²) in [5.74, 6) is -0.187. The maximum absolute atomic E-state index is 12.9. The van der Waals surface area contributed by atoms with Gasteiger partial charge in [-0.25, -0.2) is 9.78 Å². The van der Waals surface area contributed by atoms with Crippen LogP contribution in [0, 0.1) is 3.57 Å². The molecule has 0 bridgehead atoms. The van der Waals surface area contributed by atoms with Crippen LogP contribution in [0.25, 0.3) is 0 Å². The molecule has 0 aliphatic carbocycles. The standard InChI is InChI=1S/C13H17F3IN3O3/c1-7(11(22-3)23-4)20(2)12(21)19-10-5-8(13(14,15)16)9(17)6-18-10/h5-7,11H,1-4H3,(H,18,19,21). The van der Waals surface area contributed by atoms with E-state index in [4.69, 9.17) is 9.47 Å². The van der Waals surface area contributed by atoms with Gasteiger partial charge in [0, 0.05) is 31.0 Å². The highest BCUT2D eigenvalue weighted by Gasteiger charge is 2.34. The van der Waals surface area contributed by atoms with Gasteiger partial charge < -0.3 is 14.4 Å². The van der Waals surface area contributed by atoms with Crippen molar-refractivity contribution in [2.24, 2.45) is 0 Å². The Labute approximate surface area is 145 Å². The van der Waals surface area contributed by atoms with Gasteiger partial charge in [-0.15, -0.1) is 0 Å². The van der Waals surface area contributed by atoms with Crippen LogP contribution >= 0.6 is 22.6 Å². The zero-order valence-electron chi connectivity index (χ0n) is 12.9. The Bertz CT molecular complexity index is 553. The lowest BCUT2D eigenvalue weighted by Gasteiger charge is -2.30. The molecule has 1 aromatic heterocycles. The first-order valence-corrected chi connectivity index (χ1v) is 7.51. The van der Waals surface area contributed by atoms with E-state index in [-0.39, 0.29) is 9.39 Å². The number of nitrogens with one attached hydrogen (secondary N) is 1. The lowest BCUT2D eigenvalue weighted by Crippen LogP contribution is -2.46. The van der Waals surface area contributed by atoms with Crippen molar-refractivity contribution in [3.63, 3.8) is 0 Å². The van der Waals surface area contributed by atoms with E-state index in [0.29, 0.717) is 0 Å². The number of methoxy groups -OCH3 is 2. The zero-order valence-corrected chi connectivity index (χ0v) is 15.1. The SMILES string of the molecule is COC(OC)C(C)N(C)C(=O)Nc1cc(C(F)(F)F)c(I)cn1. The summed E-state index contributed by atoms with van der Waals surface area (Å²) in [6.45, 7) is 1.68. The Morgan fingerprint density at radius 3 is 2.43 bits per heavy atom. The average Bonchev–Trinajstić information content (AvgIpc) is 2.48. The summed E-state index contributed by atoms with van der Waals surface area (Å²) < 4.78 is 48.6. The quantitative estimate of drug-likeness (QED) is 0.557. The lowest BCUT2D eigenvalue weighted by molar-refractivity contribution is -0.138. The maximum Gasteiger partial charge on any atom is 0.417 e. The number of rotatable bonds is 5. The van der Waals surface area contributed by atoms with Gasteiger partial charge in [-0.05, 0) is 35.6 Å². The number of likely N-dealkylation sites (N-methyl/N-ethyl adjacent to an activating group) is 1. The molecule has 1 unspecified atom stereocenters. The van der Waals surface area contributed by atoms with Crippen molar-refractivity contribution in [1.29, 1.82) is 0 Å². The predicted molar refractivity (Wildman–Crippen MR) is 86.0 cm³/mol. The molecule has 1 rings (SSSR count). The molecule has 0 fully saturated rings. The van der Waals surface area contributed by atoms with Gasteiger partial charge in [-0.1, -0.05) is 0 Å². The summed E-state index contributed by atoms with van der Waals surface area (Å²) in [4.78, 5) is 17.2. The molecule has 0 saturated carbocycles. The molecule has 1 heterocycles. The summed E-state index contributed by atoms with van der Waals surface area (Å²) in [5.41, 5.74) is -0.856. The van der Waals surface area contributed by atoms with E-state index in [2.05, 4.69) is 10.3 Å². The van der Waals surface area contributed by atoms with E-state index < -0.39 is 30.1 Å². The van der Waals surface area contributed by atoms with Crippen LogP contribution in [0.4, 0.5) is 23.8 Å². The van der Waals surface area contributed by atoms with Crippen LogP contribution in [-0.2, 0) is 15.7 Å². The van der Waals surface area contributed by atoms with Crippen molar-refractivity contribution in [3.8, 4) is 0 Å². The van der Waals surface area contributed by atoms with Crippen LogP contribution in [-0.4, -0.2) is 49.5 Å². The molecule has 0 radical (unpaired) electrons. The Hall–Kier alpha value is -1.14. The van der Waals surface area contributed by atoms with Crippen molar-refractivity contribution >= 4 is 34.4 Å². The fraction of sp³-hybridized carbons (Fsp3) is 0.538. The molecule has 2 amide bonds. The molecule has 0 saturated heterocycles. The Morgan fingerprint density at radius 1 is 1.39 bits per heavy atom. The average molecular weight is 447 g/mol. The van der Waals surface area contributed by atoms with E-state index >= 15 is 0 Å². The monoisotopic (exact) mass is 447 g/mol. The summed E-state index contributed by atoms with van der Waals surface area (Å²) in [7, 11) is 4.32. The highest BCUT2D eigenvalue weighted by molar-refractivity contribution is 14.1. The van der Waals surface area contributed by atoms with Crippen LogP contribution in [0.2, 0.25) is 0 Å². The highest BCUT2D eigenvalue weighted by atomic mass is 127. The number of aromatic nitrogens is 1. The van der Waals surface area contributed by atoms with E-state index in [9.17, 15) is 18.0 Å². The number of alkyl halides is 3. The van der Waals surface area contributed by atoms with Crippen molar-refractivity contribution < 1.29 is 27.4 Å². The van der Waals surface area contributed by atoms with Crippen LogP contribution < -0.4 is 5.32 Å². The lowest BCUT2D eigenvalue weighted by atomic mass is 10.2. The van der Waals surface area contributed by atoms with E-state index in [1.165, 1.54) is 48.8 Å². The minimum Gasteiger partial charge on any atom is -0.354 e. The number of carbonyl (C=O) groups excluding carboxylic acids is 1. The molecule has 0 aliphatic heterocycles. The Morgan fingerprint density at radius 2 is 1.96 bits per heavy atom. The van der Waals surface area contributed by atoms with Crippen LogP contribution in [0.3, 0.4) is 0 Å². The summed E-state index contributed by atoms with van der Waals surface area (Å²) in [6.07, 6.45) is -4.13. The van der Waals surface area contributed by atoms with E-state index in [1.807, 2.05) is 0 Å². The number of hydrogen-bond donors (Lipinski definition) is 1. The number of anilines is 1. The number of halogens is 4. The van der Waals surface area contributed by atoms with Gasteiger partial charge in [-0.3, -0.25) is 5.32 Å². The van der Waals surface area contributed by atoms with Gasteiger partial charge in [0.15, 0.2) is 6.29 Å². The number of hydrogen-bond acceptors (Lipinski definition) is 4. The summed E-state index contributed by atoms with van der Waals surface area (Å²) >= 11 is 1.54. The molecule has 1 N–H and O–H groups in total. The van der Waals surface area contributed by atoms with Crippen LogP contribution in [0.15, 0.2) is 12.3 Å². The summed E-state index contributed by atoms with van der Waals surface area (Å²) in [6, 6.07) is -0.295. The normalized spacial score (nSPS) is 13.1. The largest absolute Gasteiger partial charge is 0.417 e. The second-order valence-electron chi connectivity index (χ2n) is 4.67. The van der Waals surface area contributed by atoms with Crippen LogP contribution in [0.5, 0.6) is 0 Å². The van der Waals surface area contributed by atoms with Gasteiger partial charge in [0.2, 0.25) is 0 Å². The fourth-order valence-corrected chi connectivity index (χ4v) is 2.38. The van der Waals surface area contributed by atoms with Crippen molar-refractivity contribution in [1.82, 2.24) is 9.88 Å². The number of ether oxygens (including phenoxy) is 2. The number of pyridine rings is 1. The first-order valence-electron chi connectivity index (χ1n) is 6.44. The second-order valence-corrected chi connectivity index (χ2v) is 5.83. The predicted octanol–water partition coefficient (Wildman–Crippen LogP) is 3.18. The fourth-order valence-electron chi connectivity index (χ4n) is 1.78. The number of nitrogens with zero attached hydrogens (tertiary/aromatic N) is 2. The molecular formula is C13H17F3IN3O3. The molecule has 23 heavy (non-hydrogen) atoms. The molecule has 130 valence electrons. The van der Waals surface area contributed by atoms with Crippen molar-refractivity contribution in [3.05, 3.63) is 21.4 Å². The molecule has 1 atom stereocenters. The smallest absolute Gasteiger partial charge is 0.354 e. The van der Waals surface area contributed by atoms with Crippen LogP contribution in [0.1, 0.15) is 12.5 Å². The molecule has 10 heteroatoms. The highest BCUT2D eigenvalue weighted by Crippen LogP contribution is 2.33. The third kappa shape index (κ3) is 5.18. The number of amides is 2. The molecular weight excluding hydrogens is 430 g/mol. The number of urea groups is 1. The minimum atomic E-state index is -4.52. The third-order valence-electron chi connectivity index (χ3n) is 3.19. The van der Waals surface area contributed by atoms with E-state index in [0.717, 1.165) is 12.3 Å². The van der Waals surface area contributed by atoms with Crippen molar-refractivity contribution in [2.45, 2.75) is 25.4 Å². The first-order chi connectivity index (χ1) is 10.6.